The number of carbonyl (C=O) groups excluding carboxylic acids is 1. The van der Waals surface area contributed by atoms with Crippen LogP contribution in [-0.4, -0.2) is 13.9 Å². The highest BCUT2D eigenvalue weighted by Gasteiger charge is 2.34. The quantitative estimate of drug-likeness (QED) is 0.696. The van der Waals surface area contributed by atoms with Crippen LogP contribution in [0, 0.1) is 0 Å². The summed E-state index contributed by atoms with van der Waals surface area (Å²) in [6.45, 7) is 4.80. The first-order chi connectivity index (χ1) is 10.6. The van der Waals surface area contributed by atoms with Gasteiger partial charge < -0.3 is 0 Å². The third-order valence-electron chi connectivity index (χ3n) is 4.54. The van der Waals surface area contributed by atoms with E-state index in [9.17, 15) is 4.79 Å². The summed E-state index contributed by atoms with van der Waals surface area (Å²) in [5, 5.41) is 1.34. The van der Waals surface area contributed by atoms with Gasteiger partial charge in [-0.1, -0.05) is 79.8 Å². The van der Waals surface area contributed by atoms with Crippen molar-refractivity contribution in [3.63, 3.8) is 0 Å². The van der Waals surface area contributed by atoms with Crippen LogP contribution in [0.25, 0.3) is 10.8 Å². The minimum absolute atomic E-state index is 0.308. The van der Waals surface area contributed by atoms with E-state index >= 15 is 0 Å². The zero-order valence-corrected chi connectivity index (χ0v) is 14.3. The van der Waals surface area contributed by atoms with E-state index in [1.807, 2.05) is 24.3 Å². The van der Waals surface area contributed by atoms with Gasteiger partial charge in [0, 0.05) is 12.0 Å². The van der Waals surface area contributed by atoms with Gasteiger partial charge in [0.15, 0.2) is 5.78 Å². The Morgan fingerprint density at radius 3 is 1.95 bits per heavy atom. The van der Waals surface area contributed by atoms with Gasteiger partial charge >= 0.3 is 0 Å². The van der Waals surface area contributed by atoms with Crippen LogP contribution in [-0.2, 0) is 4.79 Å². The number of benzene rings is 2. The zero-order chi connectivity index (χ0) is 15.6. The fourth-order valence-electron chi connectivity index (χ4n) is 3.47. The Hall–Kier alpha value is -1.93. The molecular formula is C20H22OSi. The van der Waals surface area contributed by atoms with Crippen molar-refractivity contribution in [3.05, 3.63) is 71.8 Å². The molecule has 112 valence electrons. The monoisotopic (exact) mass is 306 g/mol. The topological polar surface area (TPSA) is 17.1 Å². The Kier molecular flexibility index (Phi) is 4.12. The minimum atomic E-state index is -1.64. The first-order valence-corrected chi connectivity index (χ1v) is 11.2. The van der Waals surface area contributed by atoms with Crippen molar-refractivity contribution in [3.8, 4) is 0 Å². The molecule has 2 heteroatoms. The SMILES string of the molecule is C[Si]1(C)CCCC(=O)C(c2ccccc2)=C1c1ccccc1. The van der Waals surface area contributed by atoms with E-state index in [4.69, 9.17) is 0 Å². The highest BCUT2D eigenvalue weighted by molar-refractivity contribution is 6.97. The van der Waals surface area contributed by atoms with Crippen molar-refractivity contribution < 1.29 is 4.79 Å². The molecule has 0 aromatic heterocycles. The summed E-state index contributed by atoms with van der Waals surface area (Å²) < 4.78 is 0. The largest absolute Gasteiger partial charge is 0.294 e. The predicted octanol–water partition coefficient (Wildman–Crippen LogP) is 5.21. The van der Waals surface area contributed by atoms with E-state index in [2.05, 4.69) is 49.5 Å². The lowest BCUT2D eigenvalue weighted by atomic mass is 9.96. The summed E-state index contributed by atoms with van der Waals surface area (Å²) in [7, 11) is -1.64. The number of hydrogen-bond donors (Lipinski definition) is 0. The summed E-state index contributed by atoms with van der Waals surface area (Å²) in [5.41, 5.74) is 3.28. The third kappa shape index (κ3) is 2.84. The number of carbonyl (C=O) groups is 1. The molecule has 1 nitrogen and oxygen atoms in total. The van der Waals surface area contributed by atoms with Crippen LogP contribution in [0.1, 0.15) is 24.0 Å². The van der Waals surface area contributed by atoms with Crippen molar-refractivity contribution >= 4 is 24.6 Å². The van der Waals surface area contributed by atoms with Crippen LogP contribution < -0.4 is 0 Å². The summed E-state index contributed by atoms with van der Waals surface area (Å²) in [4.78, 5) is 12.9. The van der Waals surface area contributed by atoms with Gasteiger partial charge in [0.05, 0.1) is 8.07 Å². The van der Waals surface area contributed by atoms with Gasteiger partial charge in [-0.3, -0.25) is 4.79 Å². The summed E-state index contributed by atoms with van der Waals surface area (Å²) in [5.74, 6) is 0.308. The molecule has 0 N–H and O–H groups in total. The second-order valence-electron chi connectivity index (χ2n) is 6.64. The van der Waals surface area contributed by atoms with E-state index in [1.54, 1.807) is 0 Å². The summed E-state index contributed by atoms with van der Waals surface area (Å²) >= 11 is 0. The first kappa shape index (κ1) is 15.0. The summed E-state index contributed by atoms with van der Waals surface area (Å²) in [6.07, 6.45) is 1.70. The summed E-state index contributed by atoms with van der Waals surface area (Å²) in [6, 6.07) is 21.9. The first-order valence-electron chi connectivity index (χ1n) is 7.98. The lowest BCUT2D eigenvalue weighted by Crippen LogP contribution is -2.28. The Balaban J connectivity index is 2.31. The molecule has 0 amide bonds. The molecule has 1 aliphatic rings. The van der Waals surface area contributed by atoms with Gasteiger partial charge in [-0.2, -0.15) is 0 Å². The third-order valence-corrected chi connectivity index (χ3v) is 8.03. The van der Waals surface area contributed by atoms with Crippen LogP contribution in [0.15, 0.2) is 60.7 Å². The molecule has 0 spiro atoms. The predicted molar refractivity (Wildman–Crippen MR) is 96.2 cm³/mol. The number of rotatable bonds is 2. The molecule has 22 heavy (non-hydrogen) atoms. The second-order valence-corrected chi connectivity index (χ2v) is 11.4. The highest BCUT2D eigenvalue weighted by atomic mass is 28.3. The highest BCUT2D eigenvalue weighted by Crippen LogP contribution is 2.40. The number of allylic oxidation sites excluding steroid dienone is 1. The van der Waals surface area contributed by atoms with E-state index in [0.717, 1.165) is 17.6 Å². The average molecular weight is 306 g/mol. The second kappa shape index (κ2) is 6.05. The van der Waals surface area contributed by atoms with Crippen molar-refractivity contribution in [2.45, 2.75) is 32.0 Å². The van der Waals surface area contributed by atoms with Gasteiger partial charge in [0.2, 0.25) is 0 Å². The van der Waals surface area contributed by atoms with Crippen LogP contribution in [0.2, 0.25) is 19.1 Å². The van der Waals surface area contributed by atoms with Crippen molar-refractivity contribution in [2.75, 3.05) is 0 Å². The van der Waals surface area contributed by atoms with Crippen molar-refractivity contribution in [1.82, 2.24) is 0 Å². The smallest absolute Gasteiger partial charge is 0.163 e. The zero-order valence-electron chi connectivity index (χ0n) is 13.3. The molecule has 1 aliphatic heterocycles. The number of hydrogen-bond acceptors (Lipinski definition) is 1. The van der Waals surface area contributed by atoms with Crippen LogP contribution in [0.5, 0.6) is 0 Å². The Morgan fingerprint density at radius 2 is 1.36 bits per heavy atom. The number of ketones is 1. The van der Waals surface area contributed by atoms with E-state index in [0.29, 0.717) is 12.2 Å². The normalized spacial score (nSPS) is 18.2. The van der Waals surface area contributed by atoms with Crippen molar-refractivity contribution in [2.24, 2.45) is 0 Å². The molecular weight excluding hydrogens is 284 g/mol. The molecule has 0 fully saturated rings. The van der Waals surface area contributed by atoms with Crippen molar-refractivity contribution in [1.29, 1.82) is 0 Å². The van der Waals surface area contributed by atoms with E-state index in [-0.39, 0.29) is 0 Å². The maximum atomic E-state index is 12.9. The maximum absolute atomic E-state index is 12.9. The standard InChI is InChI=1S/C20H22OSi/c1-22(2)15-9-14-18(21)19(16-10-5-3-6-11-16)20(22)17-12-7-4-8-13-17/h3-8,10-13H,9,14-15H2,1-2H3. The molecule has 0 saturated heterocycles. The molecule has 0 radical (unpaired) electrons. The Labute approximate surface area is 133 Å². The molecule has 0 bridgehead atoms. The van der Waals surface area contributed by atoms with Gasteiger partial charge in [0.25, 0.3) is 0 Å². The van der Waals surface area contributed by atoms with Gasteiger partial charge in [0.1, 0.15) is 0 Å². The average Bonchev–Trinajstić information content (AvgIpc) is 2.64. The molecule has 0 saturated carbocycles. The molecule has 2 aromatic carbocycles. The lowest BCUT2D eigenvalue weighted by Gasteiger charge is -2.27. The van der Waals surface area contributed by atoms with Crippen LogP contribution >= 0.6 is 0 Å². The maximum Gasteiger partial charge on any atom is 0.163 e. The Morgan fingerprint density at radius 1 is 0.818 bits per heavy atom. The Bertz CT molecular complexity index is 699. The van der Waals surface area contributed by atoms with E-state index in [1.165, 1.54) is 16.8 Å². The fourth-order valence-corrected chi connectivity index (χ4v) is 6.69. The molecule has 1 heterocycles. The minimum Gasteiger partial charge on any atom is -0.294 e. The van der Waals surface area contributed by atoms with Gasteiger partial charge in [-0.15, -0.1) is 0 Å². The lowest BCUT2D eigenvalue weighted by molar-refractivity contribution is -0.113. The van der Waals surface area contributed by atoms with Crippen LogP contribution in [0.3, 0.4) is 0 Å². The molecule has 0 atom stereocenters. The van der Waals surface area contributed by atoms with E-state index < -0.39 is 8.07 Å². The molecule has 0 unspecified atom stereocenters. The fraction of sp³-hybridized carbons (Fsp3) is 0.250. The molecule has 2 aromatic rings. The van der Waals surface area contributed by atoms with Gasteiger partial charge in [-0.25, -0.2) is 0 Å². The molecule has 0 aliphatic carbocycles. The number of Topliss-reactive ketones (excluding diaryl/α,β-unsaturated/α-hetero) is 1. The molecule has 3 rings (SSSR count). The van der Waals surface area contributed by atoms with Gasteiger partial charge in [-0.05, 0) is 22.7 Å². The van der Waals surface area contributed by atoms with Crippen LogP contribution in [0.4, 0.5) is 0 Å².